The van der Waals surface area contributed by atoms with Crippen molar-refractivity contribution in [2.45, 2.75) is 71.7 Å². The molecular formula is C32H40N2O2Si. The molecule has 0 bridgehead atoms. The van der Waals surface area contributed by atoms with E-state index in [1.54, 1.807) is 0 Å². The number of aromatic amines is 1. The third-order valence-electron chi connectivity index (χ3n) is 7.48. The zero-order valence-electron chi connectivity index (χ0n) is 23.5. The molecule has 0 saturated carbocycles. The summed E-state index contributed by atoms with van der Waals surface area (Å²) in [5, 5.41) is 0. The van der Waals surface area contributed by atoms with Crippen molar-refractivity contribution in [1.29, 1.82) is 0 Å². The summed E-state index contributed by atoms with van der Waals surface area (Å²) in [6, 6.07) is 20.8. The predicted octanol–water partition coefficient (Wildman–Crippen LogP) is 6.45. The van der Waals surface area contributed by atoms with Crippen molar-refractivity contribution in [3.8, 4) is 23.0 Å². The van der Waals surface area contributed by atoms with Gasteiger partial charge in [0.15, 0.2) is 9.04 Å². The van der Waals surface area contributed by atoms with E-state index >= 15 is 0 Å². The number of aromatic nitrogens is 1. The second-order valence-corrected chi connectivity index (χ2v) is 14.0. The topological polar surface area (TPSA) is 45.3 Å². The Bertz CT molecular complexity index is 1330. The molecule has 2 aromatic carbocycles. The monoisotopic (exact) mass is 512 g/mol. The summed E-state index contributed by atoms with van der Waals surface area (Å²) in [7, 11) is 0.364. The molecule has 1 aliphatic rings. The lowest BCUT2D eigenvalue weighted by Crippen LogP contribution is -2.61. The van der Waals surface area contributed by atoms with E-state index in [0.717, 1.165) is 28.1 Å². The van der Waals surface area contributed by atoms with Gasteiger partial charge >= 0.3 is 0 Å². The second-order valence-electron chi connectivity index (χ2n) is 11.6. The van der Waals surface area contributed by atoms with Crippen LogP contribution in [-0.2, 0) is 9.22 Å². The molecule has 1 N–H and O–H groups in total. The van der Waals surface area contributed by atoms with Gasteiger partial charge in [0.25, 0.3) is 0 Å². The number of likely N-dealkylation sites (N-methyl/N-ethyl adjacent to an activating group) is 1. The Kier molecular flexibility index (Phi) is 7.55. The Morgan fingerprint density at radius 2 is 1.73 bits per heavy atom. The number of nitrogens with zero attached hydrogens (tertiary/aromatic N) is 1. The smallest absolute Gasteiger partial charge is 0.223 e. The van der Waals surface area contributed by atoms with Crippen LogP contribution in [0, 0.1) is 31.1 Å². The Hall–Kier alpha value is -3.07. The van der Waals surface area contributed by atoms with Crippen molar-refractivity contribution >= 4 is 14.9 Å². The fourth-order valence-corrected chi connectivity index (χ4v) is 7.03. The van der Waals surface area contributed by atoms with Crippen molar-refractivity contribution in [2.75, 3.05) is 7.05 Å². The van der Waals surface area contributed by atoms with Crippen molar-refractivity contribution in [3.05, 3.63) is 83.2 Å². The number of carbonyl (C=O) groups excluding carboxylic acids is 1. The van der Waals surface area contributed by atoms with E-state index < -0.39 is 14.6 Å². The maximum atomic E-state index is 13.2. The summed E-state index contributed by atoms with van der Waals surface area (Å²) in [6.07, 6.45) is 0.468. The minimum Gasteiger partial charge on any atom is -0.402 e. The molecule has 0 aliphatic carbocycles. The number of amides is 1. The van der Waals surface area contributed by atoms with Crippen molar-refractivity contribution in [2.24, 2.45) is 5.41 Å². The van der Waals surface area contributed by atoms with E-state index in [-0.39, 0.29) is 23.3 Å². The molecule has 0 spiro atoms. The minimum absolute atomic E-state index is 0.0109. The van der Waals surface area contributed by atoms with Gasteiger partial charge in [-0.2, -0.15) is 0 Å². The van der Waals surface area contributed by atoms with Gasteiger partial charge in [0, 0.05) is 47.3 Å². The Labute approximate surface area is 224 Å². The number of hydrogen-bond donors (Lipinski definition) is 1. The van der Waals surface area contributed by atoms with Gasteiger partial charge < -0.3 is 14.3 Å². The third-order valence-corrected chi connectivity index (χ3v) is 8.33. The van der Waals surface area contributed by atoms with Gasteiger partial charge in [-0.15, -0.1) is 0 Å². The quantitative estimate of drug-likeness (QED) is 0.315. The number of hydrogen-bond acceptors (Lipinski definition) is 2. The average Bonchev–Trinajstić information content (AvgIpc) is 3.34. The maximum absolute atomic E-state index is 13.2. The molecule has 1 amide bonds. The lowest BCUT2D eigenvalue weighted by atomic mass is 9.68. The van der Waals surface area contributed by atoms with Gasteiger partial charge in [-0.3, -0.25) is 4.79 Å². The molecule has 3 atom stereocenters. The van der Waals surface area contributed by atoms with Crippen LogP contribution in [0.15, 0.2) is 60.7 Å². The molecule has 2 heterocycles. The summed E-state index contributed by atoms with van der Waals surface area (Å²) in [6.45, 7) is 15.1. The molecule has 1 aromatic heterocycles. The summed E-state index contributed by atoms with van der Waals surface area (Å²) in [5.74, 6) is 7.34. The average molecular weight is 513 g/mol. The maximum Gasteiger partial charge on any atom is 0.223 e. The van der Waals surface area contributed by atoms with E-state index in [0.29, 0.717) is 6.42 Å². The lowest BCUT2D eigenvalue weighted by molar-refractivity contribution is -0.131. The molecular weight excluding hydrogens is 472 g/mol. The van der Waals surface area contributed by atoms with E-state index in [4.69, 9.17) is 4.43 Å². The molecule has 3 aromatic rings. The lowest BCUT2D eigenvalue weighted by Gasteiger charge is -2.50. The van der Waals surface area contributed by atoms with E-state index in [1.165, 1.54) is 5.56 Å². The molecule has 1 aliphatic heterocycles. The van der Waals surface area contributed by atoms with E-state index in [9.17, 15) is 4.79 Å². The summed E-state index contributed by atoms with van der Waals surface area (Å²) in [4.78, 5) is 18.5. The number of likely N-dealkylation sites (tertiary alicyclic amines) is 1. The van der Waals surface area contributed by atoms with Gasteiger partial charge in [0.05, 0.1) is 6.04 Å². The predicted molar refractivity (Wildman–Crippen MR) is 155 cm³/mol. The molecule has 37 heavy (non-hydrogen) atoms. The van der Waals surface area contributed by atoms with Gasteiger partial charge in [0.1, 0.15) is 5.60 Å². The summed E-state index contributed by atoms with van der Waals surface area (Å²) >= 11 is 0. The van der Waals surface area contributed by atoms with Crippen LogP contribution < -0.4 is 0 Å². The van der Waals surface area contributed by atoms with Crippen molar-refractivity contribution < 1.29 is 9.22 Å². The number of rotatable bonds is 5. The first-order valence-electron chi connectivity index (χ1n) is 13.2. The van der Waals surface area contributed by atoms with Crippen LogP contribution in [-0.4, -0.2) is 43.5 Å². The van der Waals surface area contributed by atoms with E-state index in [2.05, 4.69) is 107 Å². The third kappa shape index (κ3) is 5.32. The first kappa shape index (κ1) is 27.0. The standard InChI is InChI=1S/C32H40N2O2Si/c1-22-19-27(23(2)33-22)26-16-12-13-24(20-26)17-18-32(31(3,4)5,36-37(7)8)30-28(21-29(35)34(30)6)25-14-10-9-11-15-25/h9-16,19-20,28,30,33,37H,21H2,1-8H3/t28-,30-,32-/m1/s1. The summed E-state index contributed by atoms with van der Waals surface area (Å²) in [5.41, 5.74) is 5.58. The molecule has 4 nitrogen and oxygen atoms in total. The number of benzene rings is 2. The van der Waals surface area contributed by atoms with Crippen molar-refractivity contribution in [1.82, 2.24) is 9.88 Å². The Morgan fingerprint density at radius 3 is 2.32 bits per heavy atom. The molecule has 1 fully saturated rings. The highest BCUT2D eigenvalue weighted by molar-refractivity contribution is 6.48. The molecule has 0 unspecified atom stereocenters. The highest BCUT2D eigenvalue weighted by Gasteiger charge is 2.57. The number of nitrogens with one attached hydrogen (secondary N) is 1. The fourth-order valence-electron chi connectivity index (χ4n) is 5.73. The fraction of sp³-hybridized carbons (Fsp3) is 0.406. The molecule has 1 saturated heterocycles. The van der Waals surface area contributed by atoms with Crippen LogP contribution >= 0.6 is 0 Å². The van der Waals surface area contributed by atoms with Crippen LogP contribution in [0.3, 0.4) is 0 Å². The van der Waals surface area contributed by atoms with Gasteiger partial charge in [-0.25, -0.2) is 0 Å². The second kappa shape index (κ2) is 10.4. The van der Waals surface area contributed by atoms with Crippen LogP contribution in [0.5, 0.6) is 0 Å². The Balaban J connectivity index is 1.87. The Morgan fingerprint density at radius 1 is 1.03 bits per heavy atom. The zero-order valence-corrected chi connectivity index (χ0v) is 24.6. The van der Waals surface area contributed by atoms with Gasteiger partial charge in [-0.1, -0.05) is 75.1 Å². The molecule has 0 radical (unpaired) electrons. The first-order chi connectivity index (χ1) is 17.4. The highest BCUT2D eigenvalue weighted by Crippen LogP contribution is 2.48. The zero-order chi connectivity index (χ0) is 27.0. The highest BCUT2D eigenvalue weighted by atomic mass is 28.3. The molecule has 5 heteroatoms. The van der Waals surface area contributed by atoms with Crippen LogP contribution in [0.4, 0.5) is 0 Å². The van der Waals surface area contributed by atoms with E-state index in [1.807, 2.05) is 30.1 Å². The van der Waals surface area contributed by atoms with Crippen LogP contribution in [0.2, 0.25) is 13.1 Å². The summed E-state index contributed by atoms with van der Waals surface area (Å²) < 4.78 is 6.98. The van der Waals surface area contributed by atoms with Crippen LogP contribution in [0.1, 0.15) is 55.6 Å². The van der Waals surface area contributed by atoms with Crippen LogP contribution in [0.25, 0.3) is 11.1 Å². The normalized spacial score (nSPS) is 19.6. The first-order valence-corrected chi connectivity index (χ1v) is 16.0. The SMILES string of the molecule is Cc1cc(-c2cccc(C#C[C@@](O[SiH](C)C)([C@H]3[C@@H](c4ccccc4)CC(=O)N3C)C(C)(C)C)c2)c(C)[nH]1. The van der Waals surface area contributed by atoms with Crippen molar-refractivity contribution in [3.63, 3.8) is 0 Å². The van der Waals surface area contributed by atoms with Gasteiger partial charge in [0.2, 0.25) is 5.91 Å². The number of H-pyrrole nitrogens is 1. The number of carbonyl (C=O) groups is 1. The number of aryl methyl sites for hydroxylation is 2. The largest absolute Gasteiger partial charge is 0.402 e. The van der Waals surface area contributed by atoms with Gasteiger partial charge in [-0.05, 0) is 56.3 Å². The molecule has 4 rings (SSSR count). The molecule has 194 valence electrons. The minimum atomic E-state index is -1.55.